The normalized spacial score (nSPS) is 14.7. The summed E-state index contributed by atoms with van der Waals surface area (Å²) in [6, 6.07) is 6.38. The highest BCUT2D eigenvalue weighted by molar-refractivity contribution is 7.85. The summed E-state index contributed by atoms with van der Waals surface area (Å²) >= 11 is 0. The molecule has 4 heteroatoms. The smallest absolute Gasteiger partial charge is 0.139 e. The van der Waals surface area contributed by atoms with Crippen LogP contribution in [0.2, 0.25) is 0 Å². The number of halogens is 1. The molecule has 1 aromatic carbocycles. The molecule has 90 valence electrons. The van der Waals surface area contributed by atoms with Gasteiger partial charge in [0.2, 0.25) is 0 Å². The van der Waals surface area contributed by atoms with Gasteiger partial charge in [0.25, 0.3) is 0 Å². The minimum absolute atomic E-state index is 0.139. The zero-order valence-electron chi connectivity index (χ0n) is 9.70. The lowest BCUT2D eigenvalue weighted by Gasteiger charge is -2.12. The van der Waals surface area contributed by atoms with Gasteiger partial charge in [-0.05, 0) is 32.0 Å². The van der Waals surface area contributed by atoms with Gasteiger partial charge in [0.1, 0.15) is 5.82 Å². The van der Waals surface area contributed by atoms with Crippen molar-refractivity contribution in [2.75, 3.05) is 12.3 Å². The molecule has 0 aliphatic rings. The Morgan fingerprint density at radius 1 is 1.44 bits per heavy atom. The van der Waals surface area contributed by atoms with Crippen molar-refractivity contribution < 1.29 is 8.60 Å². The lowest BCUT2D eigenvalue weighted by atomic mass is 10.3. The molecule has 0 heterocycles. The van der Waals surface area contributed by atoms with Crippen LogP contribution in [0.4, 0.5) is 4.39 Å². The van der Waals surface area contributed by atoms with Gasteiger partial charge in [-0.15, -0.1) is 0 Å². The molecule has 0 fully saturated rings. The third-order valence-corrected chi connectivity index (χ3v) is 3.85. The van der Waals surface area contributed by atoms with Gasteiger partial charge < -0.3 is 5.32 Å². The van der Waals surface area contributed by atoms with Crippen LogP contribution >= 0.6 is 0 Å². The van der Waals surface area contributed by atoms with E-state index in [1.54, 1.807) is 18.2 Å². The molecule has 16 heavy (non-hydrogen) atoms. The average Bonchev–Trinajstić information content (AvgIpc) is 2.26. The van der Waals surface area contributed by atoms with Crippen molar-refractivity contribution in [2.45, 2.75) is 31.2 Å². The minimum Gasteiger partial charge on any atom is -0.313 e. The summed E-state index contributed by atoms with van der Waals surface area (Å²) in [5, 5.41) is 3.24. The molecule has 1 N–H and O–H groups in total. The van der Waals surface area contributed by atoms with Crippen LogP contribution in [-0.2, 0) is 10.8 Å². The van der Waals surface area contributed by atoms with E-state index in [0.717, 1.165) is 13.0 Å². The van der Waals surface area contributed by atoms with Gasteiger partial charge in [0.05, 0.1) is 15.7 Å². The molecule has 2 unspecified atom stereocenters. The maximum atomic E-state index is 13.3. The first-order chi connectivity index (χ1) is 7.65. The topological polar surface area (TPSA) is 29.1 Å². The summed E-state index contributed by atoms with van der Waals surface area (Å²) < 4.78 is 25.2. The van der Waals surface area contributed by atoms with E-state index in [9.17, 15) is 8.60 Å². The summed E-state index contributed by atoms with van der Waals surface area (Å²) in [5.41, 5.74) is 0. The van der Waals surface area contributed by atoms with Crippen molar-refractivity contribution in [3.63, 3.8) is 0 Å². The Hall–Kier alpha value is -0.740. The van der Waals surface area contributed by atoms with Gasteiger partial charge in [0, 0.05) is 11.8 Å². The Bertz CT molecular complexity index is 357. The molecule has 0 saturated carbocycles. The van der Waals surface area contributed by atoms with Gasteiger partial charge in [-0.25, -0.2) is 4.39 Å². The van der Waals surface area contributed by atoms with Gasteiger partial charge in [0.15, 0.2) is 0 Å². The van der Waals surface area contributed by atoms with E-state index < -0.39 is 10.8 Å². The first-order valence-electron chi connectivity index (χ1n) is 5.51. The van der Waals surface area contributed by atoms with Crippen molar-refractivity contribution in [3.8, 4) is 0 Å². The molecular weight excluding hydrogens is 225 g/mol. The fourth-order valence-electron chi connectivity index (χ4n) is 1.40. The van der Waals surface area contributed by atoms with Crippen LogP contribution in [0.15, 0.2) is 29.2 Å². The first-order valence-corrected chi connectivity index (χ1v) is 6.83. The largest absolute Gasteiger partial charge is 0.313 e. The highest BCUT2D eigenvalue weighted by Gasteiger charge is 2.12. The fourth-order valence-corrected chi connectivity index (χ4v) is 2.66. The van der Waals surface area contributed by atoms with E-state index >= 15 is 0 Å². The highest BCUT2D eigenvalue weighted by Crippen LogP contribution is 2.12. The number of hydrogen-bond acceptors (Lipinski definition) is 2. The third kappa shape index (κ3) is 4.02. The number of nitrogens with one attached hydrogen (secondary N) is 1. The maximum Gasteiger partial charge on any atom is 0.139 e. The van der Waals surface area contributed by atoms with Gasteiger partial charge in [-0.2, -0.15) is 0 Å². The summed E-state index contributed by atoms with van der Waals surface area (Å²) in [4.78, 5) is 0.299. The second kappa shape index (κ2) is 6.76. The predicted octanol–water partition coefficient (Wildman–Crippen LogP) is 2.32. The predicted molar refractivity (Wildman–Crippen MR) is 65.4 cm³/mol. The van der Waals surface area contributed by atoms with Crippen molar-refractivity contribution >= 4 is 10.8 Å². The van der Waals surface area contributed by atoms with Crippen LogP contribution in [0.3, 0.4) is 0 Å². The van der Waals surface area contributed by atoms with E-state index in [2.05, 4.69) is 12.2 Å². The SMILES string of the molecule is CCCNC(C)CS(=O)c1ccccc1F. The number of rotatable bonds is 6. The van der Waals surface area contributed by atoms with E-state index in [4.69, 9.17) is 0 Å². The van der Waals surface area contributed by atoms with Gasteiger partial charge >= 0.3 is 0 Å². The van der Waals surface area contributed by atoms with Gasteiger partial charge in [-0.1, -0.05) is 19.1 Å². The standard InChI is InChI=1S/C12H18FNOS/c1-3-8-14-10(2)9-16(15)12-7-5-4-6-11(12)13/h4-7,10,14H,3,8-9H2,1-2H3. The molecule has 0 aliphatic carbocycles. The van der Waals surface area contributed by atoms with E-state index in [-0.39, 0.29) is 11.9 Å². The zero-order chi connectivity index (χ0) is 12.0. The Kier molecular flexibility index (Phi) is 5.63. The van der Waals surface area contributed by atoms with Crippen LogP contribution < -0.4 is 5.32 Å². The third-order valence-electron chi connectivity index (χ3n) is 2.23. The second-order valence-electron chi connectivity index (χ2n) is 3.80. The molecule has 0 aromatic heterocycles. The van der Waals surface area contributed by atoms with Crippen LogP contribution in [0, 0.1) is 5.82 Å². The molecule has 2 nitrogen and oxygen atoms in total. The Morgan fingerprint density at radius 2 is 2.12 bits per heavy atom. The molecule has 0 radical (unpaired) electrons. The summed E-state index contributed by atoms with van der Waals surface area (Å²) in [6.45, 7) is 4.94. The molecule has 0 amide bonds. The lowest BCUT2D eigenvalue weighted by molar-refractivity contribution is 0.574. The summed E-state index contributed by atoms with van der Waals surface area (Å²) in [6.07, 6.45) is 1.04. The van der Waals surface area contributed by atoms with Gasteiger partial charge in [-0.3, -0.25) is 4.21 Å². The number of hydrogen-bond donors (Lipinski definition) is 1. The zero-order valence-corrected chi connectivity index (χ0v) is 10.5. The second-order valence-corrected chi connectivity index (χ2v) is 5.26. The Balaban J connectivity index is 2.56. The molecule has 0 spiro atoms. The number of benzene rings is 1. The molecule has 0 bridgehead atoms. The minimum atomic E-state index is -1.27. The van der Waals surface area contributed by atoms with E-state index in [0.29, 0.717) is 10.6 Å². The average molecular weight is 243 g/mol. The molecule has 0 saturated heterocycles. The van der Waals surface area contributed by atoms with E-state index in [1.165, 1.54) is 6.07 Å². The molecule has 1 rings (SSSR count). The summed E-state index contributed by atoms with van der Waals surface area (Å²) in [5.74, 6) is 0.0597. The van der Waals surface area contributed by atoms with Crippen molar-refractivity contribution in [1.29, 1.82) is 0 Å². The maximum absolute atomic E-state index is 13.3. The molecular formula is C12H18FNOS. The van der Waals surface area contributed by atoms with Crippen LogP contribution in [0.25, 0.3) is 0 Å². The Morgan fingerprint density at radius 3 is 2.75 bits per heavy atom. The summed E-state index contributed by atoms with van der Waals surface area (Å²) in [7, 11) is -1.27. The monoisotopic (exact) mass is 243 g/mol. The van der Waals surface area contributed by atoms with E-state index in [1.807, 2.05) is 6.92 Å². The lowest BCUT2D eigenvalue weighted by Crippen LogP contribution is -2.31. The Labute approximate surface area is 98.7 Å². The highest BCUT2D eigenvalue weighted by atomic mass is 32.2. The molecule has 0 aliphatic heterocycles. The molecule has 2 atom stereocenters. The van der Waals surface area contributed by atoms with Crippen LogP contribution in [0.1, 0.15) is 20.3 Å². The van der Waals surface area contributed by atoms with Crippen LogP contribution in [0.5, 0.6) is 0 Å². The fraction of sp³-hybridized carbons (Fsp3) is 0.500. The van der Waals surface area contributed by atoms with Crippen LogP contribution in [-0.4, -0.2) is 22.5 Å². The molecule has 1 aromatic rings. The van der Waals surface area contributed by atoms with Crippen molar-refractivity contribution in [2.24, 2.45) is 0 Å². The van der Waals surface area contributed by atoms with Crippen molar-refractivity contribution in [3.05, 3.63) is 30.1 Å². The first kappa shape index (κ1) is 13.3. The quantitative estimate of drug-likeness (QED) is 0.831. The van der Waals surface area contributed by atoms with Crippen molar-refractivity contribution in [1.82, 2.24) is 5.32 Å².